The molecular formula is C36H35N3O6S. The van der Waals surface area contributed by atoms with Gasteiger partial charge in [0, 0.05) is 27.4 Å². The second kappa shape index (κ2) is 16.6. The summed E-state index contributed by atoms with van der Waals surface area (Å²) < 4.78 is 10.4. The number of benzene rings is 4. The molecule has 0 bridgehead atoms. The highest BCUT2D eigenvalue weighted by Gasteiger charge is 2.20. The molecule has 3 N–H and O–H groups in total. The number of methoxy groups -OCH3 is 1. The summed E-state index contributed by atoms with van der Waals surface area (Å²) in [6.45, 7) is 3.93. The van der Waals surface area contributed by atoms with Gasteiger partial charge in [0.1, 0.15) is 11.4 Å². The minimum atomic E-state index is -0.534. The van der Waals surface area contributed by atoms with E-state index in [-0.39, 0.29) is 18.2 Å². The summed E-state index contributed by atoms with van der Waals surface area (Å²) in [7, 11) is 1.53. The SMILES string of the molecule is CCOC(=O)c1ccc(NC(=O)C(CC)Sc2cccc(NC(=O)/C(=C\c3ccccc3OC)NC(=O)c3ccccc3)c2)cc1. The van der Waals surface area contributed by atoms with E-state index >= 15 is 0 Å². The molecule has 4 aromatic rings. The highest BCUT2D eigenvalue weighted by Crippen LogP contribution is 2.29. The summed E-state index contributed by atoms with van der Waals surface area (Å²) in [5.41, 5.74) is 2.49. The highest BCUT2D eigenvalue weighted by molar-refractivity contribution is 8.00. The second-order valence-corrected chi connectivity index (χ2v) is 11.2. The lowest BCUT2D eigenvalue weighted by Crippen LogP contribution is -2.30. The van der Waals surface area contributed by atoms with Crippen LogP contribution in [0.2, 0.25) is 0 Å². The van der Waals surface area contributed by atoms with Crippen molar-refractivity contribution in [1.29, 1.82) is 0 Å². The largest absolute Gasteiger partial charge is 0.496 e. The molecule has 3 amide bonds. The number of anilines is 2. The molecule has 0 radical (unpaired) electrons. The molecule has 1 unspecified atom stereocenters. The first-order chi connectivity index (χ1) is 22.3. The van der Waals surface area contributed by atoms with Crippen LogP contribution in [0, 0.1) is 0 Å². The minimum Gasteiger partial charge on any atom is -0.496 e. The molecule has 0 aliphatic rings. The van der Waals surface area contributed by atoms with Gasteiger partial charge < -0.3 is 25.4 Å². The molecule has 4 aromatic carbocycles. The monoisotopic (exact) mass is 637 g/mol. The summed E-state index contributed by atoms with van der Waals surface area (Å²) in [4.78, 5) is 52.4. The normalized spacial score (nSPS) is 11.6. The third-order valence-corrected chi connectivity index (χ3v) is 8.02. The van der Waals surface area contributed by atoms with E-state index in [1.165, 1.54) is 18.9 Å². The molecule has 4 rings (SSSR count). The van der Waals surface area contributed by atoms with Crippen LogP contribution in [0.15, 0.2) is 114 Å². The van der Waals surface area contributed by atoms with Crippen molar-refractivity contribution < 1.29 is 28.7 Å². The quantitative estimate of drug-likeness (QED) is 0.0838. The van der Waals surface area contributed by atoms with Crippen molar-refractivity contribution in [2.24, 2.45) is 0 Å². The predicted molar refractivity (Wildman–Crippen MR) is 181 cm³/mol. The van der Waals surface area contributed by atoms with Gasteiger partial charge in [0.25, 0.3) is 11.8 Å². The Kier molecular flexibility index (Phi) is 12.1. The number of carbonyl (C=O) groups is 4. The number of carbonyl (C=O) groups excluding carboxylic acids is 4. The van der Waals surface area contributed by atoms with Crippen LogP contribution in [0.4, 0.5) is 11.4 Å². The molecule has 0 aromatic heterocycles. The molecule has 0 spiro atoms. The van der Waals surface area contributed by atoms with Gasteiger partial charge in [-0.3, -0.25) is 14.4 Å². The van der Waals surface area contributed by atoms with Gasteiger partial charge >= 0.3 is 5.97 Å². The zero-order chi connectivity index (χ0) is 32.9. The molecule has 0 fully saturated rings. The van der Waals surface area contributed by atoms with Crippen LogP contribution < -0.4 is 20.7 Å². The van der Waals surface area contributed by atoms with E-state index in [2.05, 4.69) is 16.0 Å². The molecule has 9 nitrogen and oxygen atoms in total. The first-order valence-electron chi connectivity index (χ1n) is 14.7. The van der Waals surface area contributed by atoms with Crippen molar-refractivity contribution in [3.8, 4) is 5.75 Å². The lowest BCUT2D eigenvalue weighted by atomic mass is 10.1. The van der Waals surface area contributed by atoms with Gasteiger partial charge in [0.15, 0.2) is 0 Å². The van der Waals surface area contributed by atoms with Gasteiger partial charge in [-0.1, -0.05) is 49.4 Å². The maximum absolute atomic E-state index is 13.6. The van der Waals surface area contributed by atoms with E-state index < -0.39 is 23.0 Å². The van der Waals surface area contributed by atoms with Crippen LogP contribution in [-0.2, 0) is 14.3 Å². The predicted octanol–water partition coefficient (Wildman–Crippen LogP) is 6.79. The van der Waals surface area contributed by atoms with Gasteiger partial charge in [0.05, 0.1) is 24.5 Å². The van der Waals surface area contributed by atoms with Crippen molar-refractivity contribution in [3.05, 3.63) is 126 Å². The Morgan fingerprint density at radius 2 is 1.50 bits per heavy atom. The smallest absolute Gasteiger partial charge is 0.338 e. The van der Waals surface area contributed by atoms with Crippen molar-refractivity contribution in [2.75, 3.05) is 24.4 Å². The molecule has 0 aliphatic carbocycles. The highest BCUT2D eigenvalue weighted by atomic mass is 32.2. The van der Waals surface area contributed by atoms with Gasteiger partial charge in [0.2, 0.25) is 5.91 Å². The first kappa shape index (κ1) is 33.5. The third-order valence-electron chi connectivity index (χ3n) is 6.66. The number of thioether (sulfide) groups is 1. The zero-order valence-electron chi connectivity index (χ0n) is 25.7. The zero-order valence-corrected chi connectivity index (χ0v) is 26.6. The fourth-order valence-electron chi connectivity index (χ4n) is 4.34. The number of nitrogens with one attached hydrogen (secondary N) is 3. The van der Waals surface area contributed by atoms with Crippen LogP contribution in [0.3, 0.4) is 0 Å². The summed E-state index contributed by atoms with van der Waals surface area (Å²) >= 11 is 1.36. The minimum absolute atomic E-state index is 0.0243. The van der Waals surface area contributed by atoms with E-state index in [1.807, 2.05) is 25.1 Å². The number of rotatable bonds is 13. The van der Waals surface area contributed by atoms with E-state index in [9.17, 15) is 19.2 Å². The summed E-state index contributed by atoms with van der Waals surface area (Å²) in [6.07, 6.45) is 2.11. The number of hydrogen-bond donors (Lipinski definition) is 3. The van der Waals surface area contributed by atoms with Crippen molar-refractivity contribution in [2.45, 2.75) is 30.4 Å². The molecule has 0 heterocycles. The Morgan fingerprint density at radius 1 is 0.783 bits per heavy atom. The van der Waals surface area contributed by atoms with Crippen LogP contribution in [0.5, 0.6) is 5.75 Å². The van der Waals surface area contributed by atoms with E-state index in [0.29, 0.717) is 40.2 Å². The molecule has 1 atom stereocenters. The molecule has 0 saturated carbocycles. The van der Waals surface area contributed by atoms with E-state index in [0.717, 1.165) is 4.90 Å². The standard InChI is InChI=1S/C36H35N3O6S/c1-4-32(35(42)37-27-20-18-25(19-21-27)36(43)45-5-2)46-29-16-11-15-28(23-29)38-34(41)30(22-26-14-9-10-17-31(26)44-3)39-33(40)24-12-7-6-8-13-24/h6-23,32H,4-5H2,1-3H3,(H,37,42)(H,38,41)(H,39,40)/b30-22+. The fourth-order valence-corrected chi connectivity index (χ4v) is 5.36. The topological polar surface area (TPSA) is 123 Å². The van der Waals surface area contributed by atoms with Crippen LogP contribution in [0.1, 0.15) is 46.5 Å². The molecule has 0 saturated heterocycles. The molecular weight excluding hydrogens is 602 g/mol. The lowest BCUT2D eigenvalue weighted by molar-refractivity contribution is -0.116. The molecule has 46 heavy (non-hydrogen) atoms. The molecule has 236 valence electrons. The van der Waals surface area contributed by atoms with Crippen LogP contribution >= 0.6 is 11.8 Å². The average molecular weight is 638 g/mol. The summed E-state index contributed by atoms with van der Waals surface area (Å²) in [5.74, 6) is -1.05. The third kappa shape index (κ3) is 9.33. The van der Waals surface area contributed by atoms with Gasteiger partial charge in [-0.05, 0) is 80.1 Å². The number of amides is 3. The van der Waals surface area contributed by atoms with Crippen LogP contribution in [0.25, 0.3) is 6.08 Å². The Balaban J connectivity index is 1.48. The number of ether oxygens (including phenoxy) is 2. The maximum Gasteiger partial charge on any atom is 0.338 e. The van der Waals surface area contributed by atoms with Gasteiger partial charge in [-0.2, -0.15) is 0 Å². The van der Waals surface area contributed by atoms with Gasteiger partial charge in [-0.15, -0.1) is 11.8 Å². The first-order valence-corrected chi connectivity index (χ1v) is 15.6. The number of esters is 1. The lowest BCUT2D eigenvalue weighted by Gasteiger charge is -2.16. The Bertz CT molecular complexity index is 1710. The van der Waals surface area contributed by atoms with E-state index in [1.54, 1.807) is 97.9 Å². The maximum atomic E-state index is 13.6. The number of hydrogen-bond acceptors (Lipinski definition) is 7. The second-order valence-electron chi connectivity index (χ2n) is 9.90. The van der Waals surface area contributed by atoms with Crippen molar-refractivity contribution >= 4 is 52.9 Å². The fraction of sp³-hybridized carbons (Fsp3) is 0.167. The van der Waals surface area contributed by atoms with Gasteiger partial charge in [-0.25, -0.2) is 4.79 Å². The summed E-state index contributed by atoms with van der Waals surface area (Å²) in [6, 6.07) is 29.4. The Labute approximate surface area is 272 Å². The number of para-hydroxylation sites is 1. The average Bonchev–Trinajstić information content (AvgIpc) is 3.08. The van der Waals surface area contributed by atoms with Crippen LogP contribution in [-0.4, -0.2) is 42.7 Å². The van der Waals surface area contributed by atoms with Crippen molar-refractivity contribution in [3.63, 3.8) is 0 Å². The Morgan fingerprint density at radius 3 is 2.20 bits per heavy atom. The molecule has 10 heteroatoms. The van der Waals surface area contributed by atoms with Crippen molar-refractivity contribution in [1.82, 2.24) is 5.32 Å². The Hall–Kier alpha value is -5.35. The summed E-state index contributed by atoms with van der Waals surface area (Å²) in [5, 5.41) is 8.07. The van der Waals surface area contributed by atoms with E-state index in [4.69, 9.17) is 9.47 Å². The molecule has 0 aliphatic heterocycles.